The van der Waals surface area contributed by atoms with Crippen LogP contribution in [0.15, 0.2) is 0 Å². The number of nitrogens with zero attached hydrogens (tertiary/aromatic N) is 5. The lowest BCUT2D eigenvalue weighted by Gasteiger charge is -2.37. The number of nitrogens with one attached hydrogen (secondary N) is 1. The molecule has 1 aliphatic heterocycles. The quantitative estimate of drug-likeness (QED) is 0.874. The van der Waals surface area contributed by atoms with Crippen molar-refractivity contribution < 1.29 is 8.78 Å². The standard InChI is InChI=1S/C19H28F2N6/c1-18(2,3)13-6-4-5-12(9-13)10-14-22-16-15(24-26-25-16)17(23-14)27-8-7-19(20,21)11-27/h12-13H,4-11H2,1-3H3,(H,22,23,24,25,26). The lowest BCUT2D eigenvalue weighted by atomic mass is 9.68. The fraction of sp³-hybridized carbons (Fsp3) is 0.789. The first-order valence-corrected chi connectivity index (χ1v) is 9.91. The molecule has 0 radical (unpaired) electrons. The molecular formula is C19H28F2N6. The molecule has 2 aromatic rings. The van der Waals surface area contributed by atoms with Crippen molar-refractivity contribution in [2.45, 2.75) is 65.2 Å². The van der Waals surface area contributed by atoms with E-state index in [1.807, 2.05) is 0 Å². The molecule has 1 N–H and O–H groups in total. The highest BCUT2D eigenvalue weighted by atomic mass is 19.3. The van der Waals surface area contributed by atoms with E-state index in [0.29, 0.717) is 40.1 Å². The molecule has 6 nitrogen and oxygen atoms in total. The Morgan fingerprint density at radius 2 is 2.00 bits per heavy atom. The van der Waals surface area contributed by atoms with Crippen LogP contribution in [0.4, 0.5) is 14.6 Å². The second kappa shape index (κ2) is 6.63. The van der Waals surface area contributed by atoms with Gasteiger partial charge in [-0.15, -0.1) is 5.10 Å². The van der Waals surface area contributed by atoms with Gasteiger partial charge in [-0.3, -0.25) is 0 Å². The summed E-state index contributed by atoms with van der Waals surface area (Å²) in [6.45, 7) is 6.89. The first-order valence-electron chi connectivity index (χ1n) is 9.91. The molecule has 0 aromatic carbocycles. The number of anilines is 1. The van der Waals surface area contributed by atoms with Gasteiger partial charge in [-0.25, -0.2) is 18.7 Å². The average molecular weight is 378 g/mol. The van der Waals surface area contributed by atoms with Crippen molar-refractivity contribution in [1.82, 2.24) is 25.4 Å². The zero-order chi connectivity index (χ0) is 19.2. The molecule has 8 heteroatoms. The molecule has 0 spiro atoms. The van der Waals surface area contributed by atoms with Crippen molar-refractivity contribution in [3.05, 3.63) is 5.82 Å². The largest absolute Gasteiger partial charge is 0.348 e. The molecule has 4 rings (SSSR count). The van der Waals surface area contributed by atoms with E-state index >= 15 is 0 Å². The number of hydrogen-bond donors (Lipinski definition) is 1. The molecule has 2 aromatic heterocycles. The molecule has 0 amide bonds. The van der Waals surface area contributed by atoms with Crippen LogP contribution in [0.3, 0.4) is 0 Å². The monoisotopic (exact) mass is 378 g/mol. The third kappa shape index (κ3) is 3.89. The van der Waals surface area contributed by atoms with Gasteiger partial charge < -0.3 is 4.90 Å². The summed E-state index contributed by atoms with van der Waals surface area (Å²) >= 11 is 0. The maximum Gasteiger partial charge on any atom is 0.266 e. The Bertz CT molecular complexity index is 812. The van der Waals surface area contributed by atoms with Crippen LogP contribution in [0.1, 0.15) is 58.7 Å². The summed E-state index contributed by atoms with van der Waals surface area (Å²) in [6, 6.07) is 0. The second-order valence-corrected chi connectivity index (χ2v) is 9.29. The molecule has 0 bridgehead atoms. The minimum Gasteiger partial charge on any atom is -0.348 e. The van der Waals surface area contributed by atoms with Gasteiger partial charge in [0.1, 0.15) is 5.82 Å². The highest BCUT2D eigenvalue weighted by Gasteiger charge is 2.40. The third-order valence-electron chi connectivity index (χ3n) is 6.16. The third-order valence-corrected chi connectivity index (χ3v) is 6.16. The second-order valence-electron chi connectivity index (χ2n) is 9.29. The Balaban J connectivity index is 1.58. The molecule has 1 saturated carbocycles. The van der Waals surface area contributed by atoms with Crippen molar-refractivity contribution in [3.63, 3.8) is 0 Å². The number of hydrogen-bond acceptors (Lipinski definition) is 5. The van der Waals surface area contributed by atoms with Gasteiger partial charge in [-0.05, 0) is 36.5 Å². The predicted octanol–water partition coefficient (Wildman–Crippen LogP) is 3.99. The summed E-state index contributed by atoms with van der Waals surface area (Å²) < 4.78 is 27.4. The van der Waals surface area contributed by atoms with Crippen molar-refractivity contribution in [2.24, 2.45) is 17.3 Å². The Morgan fingerprint density at radius 1 is 1.19 bits per heavy atom. The van der Waals surface area contributed by atoms with Crippen molar-refractivity contribution in [1.29, 1.82) is 0 Å². The minimum atomic E-state index is -2.68. The van der Waals surface area contributed by atoms with E-state index < -0.39 is 5.92 Å². The van der Waals surface area contributed by atoms with Crippen LogP contribution < -0.4 is 4.90 Å². The number of aromatic amines is 1. The Morgan fingerprint density at radius 3 is 2.70 bits per heavy atom. The first kappa shape index (κ1) is 18.5. The SMILES string of the molecule is CC(C)(C)C1CCCC(Cc2nc(N3CCC(F)(F)C3)c3n[nH]nc3n2)C1. The van der Waals surface area contributed by atoms with Gasteiger partial charge in [0.05, 0.1) is 6.54 Å². The van der Waals surface area contributed by atoms with Crippen molar-refractivity contribution in [2.75, 3.05) is 18.0 Å². The van der Waals surface area contributed by atoms with Crippen LogP contribution in [-0.2, 0) is 6.42 Å². The average Bonchev–Trinajstić information content (AvgIpc) is 3.19. The van der Waals surface area contributed by atoms with E-state index in [-0.39, 0.29) is 19.5 Å². The fourth-order valence-corrected chi connectivity index (χ4v) is 4.53. The minimum absolute atomic E-state index is 0.151. The number of H-pyrrole nitrogens is 1. The number of halogens is 2. The Labute approximate surface area is 158 Å². The lowest BCUT2D eigenvalue weighted by molar-refractivity contribution is 0.0257. The van der Waals surface area contributed by atoms with Gasteiger partial charge in [0.2, 0.25) is 5.65 Å². The van der Waals surface area contributed by atoms with E-state index in [9.17, 15) is 8.78 Å². The zero-order valence-electron chi connectivity index (χ0n) is 16.3. The topological polar surface area (TPSA) is 70.6 Å². The summed E-state index contributed by atoms with van der Waals surface area (Å²) in [5.41, 5.74) is 1.25. The summed E-state index contributed by atoms with van der Waals surface area (Å²) in [4.78, 5) is 10.8. The number of rotatable bonds is 3. The maximum atomic E-state index is 13.7. The molecule has 2 aliphatic rings. The molecule has 1 saturated heterocycles. The molecule has 2 unspecified atom stereocenters. The molecular weight excluding hydrogens is 350 g/mol. The summed E-state index contributed by atoms with van der Waals surface area (Å²) in [5.74, 6) is -0.265. The highest BCUT2D eigenvalue weighted by Crippen LogP contribution is 2.41. The number of alkyl halides is 2. The number of fused-ring (bicyclic) bond motifs is 1. The van der Waals surface area contributed by atoms with Gasteiger partial charge in [0.25, 0.3) is 5.92 Å². The summed E-state index contributed by atoms with van der Waals surface area (Å²) in [7, 11) is 0. The van der Waals surface area contributed by atoms with Crippen LogP contribution >= 0.6 is 0 Å². The first-order chi connectivity index (χ1) is 12.7. The van der Waals surface area contributed by atoms with E-state index in [0.717, 1.165) is 6.42 Å². The molecule has 2 atom stereocenters. The molecule has 3 heterocycles. The maximum absolute atomic E-state index is 13.7. The smallest absolute Gasteiger partial charge is 0.266 e. The van der Waals surface area contributed by atoms with Crippen molar-refractivity contribution >= 4 is 17.0 Å². The lowest BCUT2D eigenvalue weighted by Crippen LogP contribution is -2.28. The fourth-order valence-electron chi connectivity index (χ4n) is 4.53. The van der Waals surface area contributed by atoms with E-state index in [1.165, 1.54) is 25.7 Å². The van der Waals surface area contributed by atoms with Crippen LogP contribution in [0.25, 0.3) is 11.2 Å². The van der Waals surface area contributed by atoms with Gasteiger partial charge >= 0.3 is 0 Å². The Hall–Kier alpha value is -1.86. The predicted molar refractivity (Wildman–Crippen MR) is 99.9 cm³/mol. The summed E-state index contributed by atoms with van der Waals surface area (Å²) in [6.07, 6.45) is 5.46. The Kier molecular flexibility index (Phi) is 4.55. The van der Waals surface area contributed by atoms with Crippen LogP contribution in [0.5, 0.6) is 0 Å². The molecule has 1 aliphatic carbocycles. The zero-order valence-corrected chi connectivity index (χ0v) is 16.3. The molecule has 27 heavy (non-hydrogen) atoms. The van der Waals surface area contributed by atoms with Gasteiger partial charge in [-0.1, -0.05) is 27.2 Å². The highest BCUT2D eigenvalue weighted by molar-refractivity contribution is 5.82. The normalized spacial score (nSPS) is 26.0. The summed E-state index contributed by atoms with van der Waals surface area (Å²) in [5, 5.41) is 10.8. The van der Waals surface area contributed by atoms with Crippen LogP contribution in [0, 0.1) is 17.3 Å². The molecule has 148 valence electrons. The van der Waals surface area contributed by atoms with Gasteiger partial charge in [0, 0.05) is 19.4 Å². The van der Waals surface area contributed by atoms with Crippen LogP contribution in [-0.4, -0.2) is 44.4 Å². The van der Waals surface area contributed by atoms with E-state index in [4.69, 9.17) is 0 Å². The molecule has 2 fully saturated rings. The van der Waals surface area contributed by atoms with E-state index in [1.54, 1.807) is 4.90 Å². The number of aromatic nitrogens is 5. The van der Waals surface area contributed by atoms with Gasteiger partial charge in [-0.2, -0.15) is 10.3 Å². The van der Waals surface area contributed by atoms with Gasteiger partial charge in [0.15, 0.2) is 11.3 Å². The van der Waals surface area contributed by atoms with Crippen molar-refractivity contribution in [3.8, 4) is 0 Å². The van der Waals surface area contributed by atoms with Crippen LogP contribution in [0.2, 0.25) is 0 Å². The van der Waals surface area contributed by atoms with E-state index in [2.05, 4.69) is 46.1 Å².